The van der Waals surface area contributed by atoms with Crippen molar-refractivity contribution in [2.24, 2.45) is 10.3 Å². The molecule has 4 N–H and O–H groups in total. The van der Waals surface area contributed by atoms with E-state index in [1.165, 1.54) is 45.9 Å². The van der Waals surface area contributed by atoms with Crippen LogP contribution in [-0.4, -0.2) is 68.1 Å². The van der Waals surface area contributed by atoms with E-state index in [2.05, 4.69) is 52.8 Å². The second kappa shape index (κ2) is 16.8. The second-order valence-corrected chi connectivity index (χ2v) is 12.3. The molecule has 0 saturated carbocycles. The SMILES string of the molecule is O=C(NCCSSCCNC(=O)/C(Cc1cc(Br)cc([N+](=O)[O-])c1)=N/O)/C(Cc1cc(Br)cc([N+](=O)[O-])c1)=N/O. The van der Waals surface area contributed by atoms with E-state index in [-0.39, 0.29) is 48.7 Å². The van der Waals surface area contributed by atoms with Crippen LogP contribution >= 0.6 is 53.4 Å². The minimum absolute atomic E-state index is 0.109. The molecule has 0 aromatic heterocycles. The van der Waals surface area contributed by atoms with E-state index in [0.717, 1.165) is 0 Å². The molecule has 0 aliphatic heterocycles. The van der Waals surface area contributed by atoms with Gasteiger partial charge in [-0.05, 0) is 23.3 Å². The molecule has 0 unspecified atom stereocenters. The first-order chi connectivity index (χ1) is 19.0. The quantitative estimate of drug-likeness (QED) is 0.0517. The van der Waals surface area contributed by atoms with E-state index in [4.69, 9.17) is 0 Å². The fraction of sp³-hybridized carbons (Fsp3) is 0.273. The third kappa shape index (κ3) is 11.1. The highest BCUT2D eigenvalue weighted by Crippen LogP contribution is 2.23. The number of nitrogens with one attached hydrogen (secondary N) is 2. The first-order valence-electron chi connectivity index (χ1n) is 11.1. The molecule has 0 bridgehead atoms. The van der Waals surface area contributed by atoms with Crippen molar-refractivity contribution in [2.45, 2.75) is 12.8 Å². The van der Waals surface area contributed by atoms with Crippen molar-refractivity contribution < 1.29 is 29.9 Å². The molecule has 0 saturated heterocycles. The molecule has 2 aromatic carbocycles. The summed E-state index contributed by atoms with van der Waals surface area (Å²) in [5, 5.41) is 51.7. The molecule has 0 aliphatic rings. The Morgan fingerprint density at radius 2 is 1.12 bits per heavy atom. The van der Waals surface area contributed by atoms with Gasteiger partial charge in [-0.2, -0.15) is 0 Å². The number of amides is 2. The monoisotopic (exact) mass is 720 g/mol. The van der Waals surface area contributed by atoms with Gasteiger partial charge in [0.25, 0.3) is 23.2 Å². The van der Waals surface area contributed by atoms with E-state index in [9.17, 15) is 40.2 Å². The molecule has 14 nitrogen and oxygen atoms in total. The average Bonchev–Trinajstić information content (AvgIpc) is 2.90. The largest absolute Gasteiger partial charge is 0.410 e. The Morgan fingerprint density at radius 1 is 0.750 bits per heavy atom. The minimum Gasteiger partial charge on any atom is -0.410 e. The molecule has 2 rings (SSSR count). The van der Waals surface area contributed by atoms with Gasteiger partial charge in [0, 0.05) is 70.6 Å². The number of rotatable bonds is 15. The highest BCUT2D eigenvalue weighted by atomic mass is 79.9. The Kier molecular flexibility index (Phi) is 13.8. The van der Waals surface area contributed by atoms with Crippen LogP contribution in [0.5, 0.6) is 0 Å². The molecule has 2 aromatic rings. The number of oxime groups is 2. The predicted octanol–water partition coefficient (Wildman–Crippen LogP) is 4.09. The molecule has 0 aliphatic carbocycles. The second-order valence-electron chi connectivity index (χ2n) is 7.75. The van der Waals surface area contributed by atoms with Crippen LogP contribution in [0.25, 0.3) is 0 Å². The number of hydrogen-bond donors (Lipinski definition) is 4. The number of non-ortho nitro benzene ring substituents is 2. The highest BCUT2D eigenvalue weighted by molar-refractivity contribution is 9.10. The maximum absolute atomic E-state index is 12.3. The summed E-state index contributed by atoms with van der Waals surface area (Å²) in [6, 6.07) is 8.38. The van der Waals surface area contributed by atoms with Crippen LogP contribution in [0.1, 0.15) is 11.1 Å². The highest BCUT2D eigenvalue weighted by Gasteiger charge is 2.17. The summed E-state index contributed by atoms with van der Waals surface area (Å²) in [5.41, 5.74) is 0.106. The fourth-order valence-corrected chi connectivity index (χ4v) is 6.00. The van der Waals surface area contributed by atoms with Crippen molar-refractivity contribution in [1.82, 2.24) is 10.6 Å². The molecular weight excluding hydrogens is 700 g/mol. The van der Waals surface area contributed by atoms with E-state index in [1.54, 1.807) is 12.1 Å². The van der Waals surface area contributed by atoms with Gasteiger partial charge >= 0.3 is 0 Å². The summed E-state index contributed by atoms with van der Waals surface area (Å²) in [4.78, 5) is 45.5. The van der Waals surface area contributed by atoms with Gasteiger partial charge in [0.05, 0.1) is 9.85 Å². The fourth-order valence-electron chi connectivity index (χ4n) is 3.12. The summed E-state index contributed by atoms with van der Waals surface area (Å²) in [5.74, 6) is -0.239. The summed E-state index contributed by atoms with van der Waals surface area (Å²) in [7, 11) is 2.84. The number of halogens is 2. The summed E-state index contributed by atoms with van der Waals surface area (Å²) >= 11 is 6.35. The smallest absolute Gasteiger partial charge is 0.270 e. The van der Waals surface area contributed by atoms with Gasteiger partial charge in [-0.15, -0.1) is 0 Å². The van der Waals surface area contributed by atoms with Crippen LogP contribution < -0.4 is 10.6 Å². The first kappa shape index (κ1) is 33.0. The number of hydrogen-bond acceptors (Lipinski definition) is 12. The predicted molar refractivity (Wildman–Crippen MR) is 158 cm³/mol. The Balaban J connectivity index is 1.69. The number of nitro benzene ring substituents is 2. The number of carbonyl (C=O) groups is 2. The van der Waals surface area contributed by atoms with Gasteiger partial charge in [-0.25, -0.2) is 0 Å². The van der Waals surface area contributed by atoms with Gasteiger partial charge in [-0.3, -0.25) is 29.8 Å². The molecule has 0 atom stereocenters. The van der Waals surface area contributed by atoms with E-state index in [1.807, 2.05) is 0 Å². The zero-order valence-electron chi connectivity index (χ0n) is 20.4. The molecule has 0 heterocycles. The van der Waals surface area contributed by atoms with Gasteiger partial charge < -0.3 is 21.0 Å². The lowest BCUT2D eigenvalue weighted by molar-refractivity contribution is -0.385. The number of nitrogens with zero attached hydrogens (tertiary/aromatic N) is 4. The van der Waals surface area contributed by atoms with E-state index < -0.39 is 21.7 Å². The van der Waals surface area contributed by atoms with Crippen molar-refractivity contribution >= 4 is 88.1 Å². The van der Waals surface area contributed by atoms with Crippen molar-refractivity contribution in [3.63, 3.8) is 0 Å². The molecule has 0 spiro atoms. The first-order valence-corrected chi connectivity index (χ1v) is 15.2. The summed E-state index contributed by atoms with van der Waals surface area (Å²) in [6.45, 7) is 0.501. The van der Waals surface area contributed by atoms with Crippen LogP contribution in [0.15, 0.2) is 55.7 Å². The normalized spacial score (nSPS) is 11.7. The molecular formula is C22H22Br2N6O8S2. The summed E-state index contributed by atoms with van der Waals surface area (Å²) in [6.07, 6.45) is -0.219. The van der Waals surface area contributed by atoms with Crippen molar-refractivity contribution in [2.75, 3.05) is 24.6 Å². The molecule has 2 amide bonds. The standard InChI is InChI=1S/C22H22Br2N6O8S2/c23-15-5-13(7-17(11-15)29(35)36)9-19(27-33)21(31)25-1-3-39-40-4-2-26-22(32)20(28-34)10-14-6-16(24)12-18(8-14)30(37)38/h5-8,11-12,33-34H,1-4,9-10H2,(H,25,31)(H,26,32)/b27-19+,28-20+. The van der Waals surface area contributed by atoms with E-state index >= 15 is 0 Å². The maximum atomic E-state index is 12.3. The Labute approximate surface area is 252 Å². The van der Waals surface area contributed by atoms with Gasteiger partial charge in [0.2, 0.25) is 0 Å². The average molecular weight is 722 g/mol. The third-order valence-corrected chi connectivity index (χ3v) is 8.16. The zero-order valence-corrected chi connectivity index (χ0v) is 25.2. The van der Waals surface area contributed by atoms with Gasteiger partial charge in [0.1, 0.15) is 11.4 Å². The van der Waals surface area contributed by atoms with Crippen LogP contribution in [0, 0.1) is 20.2 Å². The lowest BCUT2D eigenvalue weighted by Gasteiger charge is -2.08. The molecule has 0 radical (unpaired) electrons. The van der Waals surface area contributed by atoms with Crippen molar-refractivity contribution in [3.8, 4) is 0 Å². The van der Waals surface area contributed by atoms with Crippen LogP contribution in [-0.2, 0) is 22.4 Å². The Hall–Kier alpha value is -3.22. The minimum atomic E-state index is -0.616. The Bertz CT molecular complexity index is 1230. The van der Waals surface area contributed by atoms with Gasteiger partial charge in [-0.1, -0.05) is 63.8 Å². The lowest BCUT2D eigenvalue weighted by atomic mass is 10.1. The van der Waals surface area contributed by atoms with Crippen LogP contribution in [0.4, 0.5) is 11.4 Å². The number of carbonyl (C=O) groups excluding carboxylic acids is 2. The van der Waals surface area contributed by atoms with Crippen molar-refractivity contribution in [1.29, 1.82) is 0 Å². The van der Waals surface area contributed by atoms with E-state index in [0.29, 0.717) is 31.6 Å². The molecule has 18 heteroatoms. The van der Waals surface area contributed by atoms with Crippen LogP contribution in [0.3, 0.4) is 0 Å². The molecule has 0 fully saturated rings. The molecule has 40 heavy (non-hydrogen) atoms. The zero-order chi connectivity index (χ0) is 29.7. The van der Waals surface area contributed by atoms with Crippen LogP contribution in [0.2, 0.25) is 0 Å². The maximum Gasteiger partial charge on any atom is 0.270 e. The van der Waals surface area contributed by atoms with Crippen molar-refractivity contribution in [3.05, 3.63) is 76.7 Å². The summed E-state index contributed by atoms with van der Waals surface area (Å²) < 4.78 is 0.907. The lowest BCUT2D eigenvalue weighted by Crippen LogP contribution is -2.34. The number of benzene rings is 2. The molecule has 214 valence electrons. The Morgan fingerprint density at radius 3 is 1.45 bits per heavy atom. The third-order valence-electron chi connectivity index (χ3n) is 4.84. The number of nitro groups is 2. The van der Waals surface area contributed by atoms with Gasteiger partial charge in [0.15, 0.2) is 0 Å². The topological polar surface area (TPSA) is 210 Å².